The molecule has 4 heteroatoms. The zero-order valence-electron chi connectivity index (χ0n) is 13.4. The first kappa shape index (κ1) is 17.2. The summed E-state index contributed by atoms with van der Waals surface area (Å²) in [6.07, 6.45) is 2.06. The van der Waals surface area contributed by atoms with E-state index in [9.17, 15) is 0 Å². The predicted molar refractivity (Wildman–Crippen MR) is 89.4 cm³/mol. The van der Waals surface area contributed by atoms with E-state index in [-0.39, 0.29) is 6.10 Å². The van der Waals surface area contributed by atoms with E-state index in [0.29, 0.717) is 19.7 Å². The van der Waals surface area contributed by atoms with Gasteiger partial charge < -0.3 is 15.4 Å². The number of hydrogen-bond donors (Lipinski definition) is 2. The van der Waals surface area contributed by atoms with Crippen molar-refractivity contribution in [1.82, 2.24) is 10.6 Å². The standard InChI is InChI=1S/C17H27N3O/c1-5-10-19-17(18-6-2)20-12-15-8-7-9-16(11-15)13-21-14(3)4/h5,7-9,11,14H,1,6,10,12-13H2,2-4H3,(H2,18,19,20). The highest BCUT2D eigenvalue weighted by atomic mass is 16.5. The number of rotatable bonds is 8. The van der Waals surface area contributed by atoms with Crippen LogP contribution in [0.25, 0.3) is 0 Å². The van der Waals surface area contributed by atoms with E-state index in [4.69, 9.17) is 4.74 Å². The van der Waals surface area contributed by atoms with Gasteiger partial charge in [0.05, 0.1) is 19.3 Å². The zero-order valence-corrected chi connectivity index (χ0v) is 13.4. The van der Waals surface area contributed by atoms with Gasteiger partial charge in [0.15, 0.2) is 5.96 Å². The highest BCUT2D eigenvalue weighted by Crippen LogP contribution is 2.09. The van der Waals surface area contributed by atoms with Gasteiger partial charge in [-0.2, -0.15) is 0 Å². The number of benzene rings is 1. The summed E-state index contributed by atoms with van der Waals surface area (Å²) < 4.78 is 5.63. The second-order valence-electron chi connectivity index (χ2n) is 5.04. The lowest BCUT2D eigenvalue weighted by Crippen LogP contribution is -2.37. The summed E-state index contributed by atoms with van der Waals surface area (Å²) in [7, 11) is 0. The van der Waals surface area contributed by atoms with Gasteiger partial charge in [0.25, 0.3) is 0 Å². The largest absolute Gasteiger partial charge is 0.374 e. The summed E-state index contributed by atoms with van der Waals surface area (Å²) in [5, 5.41) is 6.40. The Morgan fingerprint density at radius 2 is 2.10 bits per heavy atom. The lowest BCUT2D eigenvalue weighted by Gasteiger charge is -2.10. The molecule has 0 aliphatic rings. The molecule has 0 bridgehead atoms. The number of hydrogen-bond acceptors (Lipinski definition) is 2. The average Bonchev–Trinajstić information content (AvgIpc) is 2.48. The molecule has 0 spiro atoms. The SMILES string of the molecule is C=CCNC(=NCc1cccc(COC(C)C)c1)NCC. The van der Waals surface area contributed by atoms with Gasteiger partial charge >= 0.3 is 0 Å². The molecule has 0 radical (unpaired) electrons. The smallest absolute Gasteiger partial charge is 0.191 e. The maximum absolute atomic E-state index is 5.63. The van der Waals surface area contributed by atoms with Crippen LogP contribution in [0.15, 0.2) is 41.9 Å². The van der Waals surface area contributed by atoms with Gasteiger partial charge in [-0.15, -0.1) is 6.58 Å². The van der Waals surface area contributed by atoms with E-state index in [1.54, 1.807) is 0 Å². The van der Waals surface area contributed by atoms with Crippen molar-refractivity contribution in [2.45, 2.75) is 40.0 Å². The molecule has 0 amide bonds. The molecular weight excluding hydrogens is 262 g/mol. The molecule has 0 saturated carbocycles. The molecule has 0 unspecified atom stereocenters. The molecule has 1 rings (SSSR count). The van der Waals surface area contributed by atoms with Crippen molar-refractivity contribution < 1.29 is 4.74 Å². The summed E-state index contributed by atoms with van der Waals surface area (Å²) in [5.74, 6) is 0.807. The van der Waals surface area contributed by atoms with E-state index >= 15 is 0 Å². The van der Waals surface area contributed by atoms with Gasteiger partial charge in [-0.05, 0) is 31.9 Å². The van der Waals surface area contributed by atoms with Crippen LogP contribution >= 0.6 is 0 Å². The average molecular weight is 289 g/mol. The highest BCUT2D eigenvalue weighted by molar-refractivity contribution is 5.79. The quantitative estimate of drug-likeness (QED) is 0.439. The van der Waals surface area contributed by atoms with Crippen LogP contribution < -0.4 is 10.6 Å². The molecular formula is C17H27N3O. The van der Waals surface area contributed by atoms with Crippen LogP contribution in [0.1, 0.15) is 31.9 Å². The van der Waals surface area contributed by atoms with Gasteiger partial charge in [0, 0.05) is 13.1 Å². The maximum Gasteiger partial charge on any atom is 0.191 e. The fourth-order valence-corrected chi connectivity index (χ4v) is 1.76. The summed E-state index contributed by atoms with van der Waals surface area (Å²) in [4.78, 5) is 4.56. The number of nitrogens with zero attached hydrogens (tertiary/aromatic N) is 1. The molecule has 1 aromatic carbocycles. The minimum Gasteiger partial charge on any atom is -0.374 e. The van der Waals surface area contributed by atoms with E-state index < -0.39 is 0 Å². The summed E-state index contributed by atoms with van der Waals surface area (Å²) in [5.41, 5.74) is 2.36. The molecule has 1 aromatic rings. The Balaban J connectivity index is 2.63. The van der Waals surface area contributed by atoms with E-state index in [1.807, 2.05) is 26.0 Å². The second kappa shape index (κ2) is 10.00. The molecule has 0 aliphatic heterocycles. The van der Waals surface area contributed by atoms with Crippen LogP contribution in [0, 0.1) is 0 Å². The molecule has 0 heterocycles. The van der Waals surface area contributed by atoms with Gasteiger partial charge in [0.1, 0.15) is 0 Å². The van der Waals surface area contributed by atoms with Crippen molar-refractivity contribution in [3.63, 3.8) is 0 Å². The number of ether oxygens (including phenoxy) is 1. The van der Waals surface area contributed by atoms with Crippen molar-refractivity contribution in [3.8, 4) is 0 Å². The predicted octanol–water partition coefficient (Wildman–Crippen LogP) is 2.85. The summed E-state index contributed by atoms with van der Waals surface area (Å²) >= 11 is 0. The van der Waals surface area contributed by atoms with Crippen molar-refractivity contribution in [1.29, 1.82) is 0 Å². The van der Waals surface area contributed by atoms with Crippen LogP contribution in [0.2, 0.25) is 0 Å². The topological polar surface area (TPSA) is 45.7 Å². The van der Waals surface area contributed by atoms with Gasteiger partial charge in [-0.3, -0.25) is 0 Å². The molecule has 21 heavy (non-hydrogen) atoms. The third kappa shape index (κ3) is 7.51. The van der Waals surface area contributed by atoms with E-state index in [1.165, 1.54) is 11.1 Å². The molecule has 2 N–H and O–H groups in total. The Bertz CT molecular complexity index is 455. The molecule has 0 saturated heterocycles. The number of nitrogens with one attached hydrogen (secondary N) is 2. The van der Waals surface area contributed by atoms with E-state index in [0.717, 1.165) is 12.5 Å². The Morgan fingerprint density at radius 1 is 1.33 bits per heavy atom. The third-order valence-corrected chi connectivity index (χ3v) is 2.75. The Kier molecular flexibility index (Phi) is 8.21. The first-order valence-electron chi connectivity index (χ1n) is 7.48. The Hall–Kier alpha value is -1.81. The number of aliphatic imine (C=N–C) groups is 1. The molecule has 4 nitrogen and oxygen atoms in total. The minimum absolute atomic E-state index is 0.245. The maximum atomic E-state index is 5.63. The van der Waals surface area contributed by atoms with Crippen LogP contribution in [0.4, 0.5) is 0 Å². The molecule has 0 aliphatic carbocycles. The molecule has 0 fully saturated rings. The first-order chi connectivity index (χ1) is 10.2. The van der Waals surface area contributed by atoms with Crippen molar-refractivity contribution in [2.75, 3.05) is 13.1 Å². The molecule has 116 valence electrons. The number of guanidine groups is 1. The second-order valence-corrected chi connectivity index (χ2v) is 5.04. The van der Waals surface area contributed by atoms with Gasteiger partial charge in [0.2, 0.25) is 0 Å². The van der Waals surface area contributed by atoms with Crippen LogP contribution in [0.5, 0.6) is 0 Å². The molecule has 0 aromatic heterocycles. The Labute approximate surface area is 128 Å². The minimum atomic E-state index is 0.245. The highest BCUT2D eigenvalue weighted by Gasteiger charge is 2.00. The van der Waals surface area contributed by atoms with Crippen molar-refractivity contribution in [2.24, 2.45) is 4.99 Å². The fourth-order valence-electron chi connectivity index (χ4n) is 1.76. The van der Waals surface area contributed by atoms with E-state index in [2.05, 4.69) is 47.3 Å². The lowest BCUT2D eigenvalue weighted by molar-refractivity contribution is 0.0657. The van der Waals surface area contributed by atoms with Crippen molar-refractivity contribution in [3.05, 3.63) is 48.0 Å². The zero-order chi connectivity index (χ0) is 15.5. The summed E-state index contributed by atoms with van der Waals surface area (Å²) in [6.45, 7) is 12.7. The van der Waals surface area contributed by atoms with Gasteiger partial charge in [-0.25, -0.2) is 4.99 Å². The fraction of sp³-hybridized carbons (Fsp3) is 0.471. The monoisotopic (exact) mass is 289 g/mol. The first-order valence-corrected chi connectivity index (χ1v) is 7.48. The van der Waals surface area contributed by atoms with Crippen LogP contribution in [0.3, 0.4) is 0 Å². The van der Waals surface area contributed by atoms with Crippen molar-refractivity contribution >= 4 is 5.96 Å². The normalized spacial score (nSPS) is 11.5. The Morgan fingerprint density at radius 3 is 2.76 bits per heavy atom. The van der Waals surface area contributed by atoms with Crippen LogP contribution in [-0.2, 0) is 17.9 Å². The van der Waals surface area contributed by atoms with Gasteiger partial charge in [-0.1, -0.05) is 30.3 Å². The lowest BCUT2D eigenvalue weighted by atomic mass is 10.1. The summed E-state index contributed by atoms with van der Waals surface area (Å²) in [6, 6.07) is 8.35. The third-order valence-electron chi connectivity index (χ3n) is 2.75. The van der Waals surface area contributed by atoms with Crippen LogP contribution in [-0.4, -0.2) is 25.2 Å². The molecule has 0 atom stereocenters.